The Hall–Kier alpha value is -3.66. The van der Waals surface area contributed by atoms with E-state index in [1.807, 2.05) is 31.2 Å². The van der Waals surface area contributed by atoms with Crippen LogP contribution < -0.4 is 5.32 Å². The molecule has 1 heterocycles. The van der Waals surface area contributed by atoms with Gasteiger partial charge in [-0.05, 0) is 40.6 Å². The first-order chi connectivity index (χ1) is 14.9. The number of aliphatic carboxylic acids is 1. The molecule has 3 aromatic rings. The molecule has 2 aromatic carbocycles. The molecule has 2 atom stereocenters. The molecule has 0 fully saturated rings. The number of nitrogens with one attached hydrogen (secondary N) is 1. The minimum atomic E-state index is -1.03. The summed E-state index contributed by atoms with van der Waals surface area (Å²) in [6.45, 7) is 1.72. The Morgan fingerprint density at radius 3 is 2.58 bits per heavy atom. The second-order valence-electron chi connectivity index (χ2n) is 6.99. The lowest BCUT2D eigenvalue weighted by atomic mass is 9.98. The summed E-state index contributed by atoms with van der Waals surface area (Å²) in [7, 11) is 1.26. The lowest BCUT2D eigenvalue weighted by molar-refractivity contribution is -0.141. The van der Waals surface area contributed by atoms with Gasteiger partial charge in [-0.3, -0.25) is 14.9 Å². The molecule has 2 unspecified atom stereocenters. The van der Waals surface area contributed by atoms with Crippen LogP contribution >= 0.6 is 0 Å². The SMILES string of the molecule is COC(=O)Cn1nnnc1C(NC(CC(=O)O)c1ccc(F)cc1)c1cccc(C)c1. The van der Waals surface area contributed by atoms with E-state index in [1.54, 1.807) is 0 Å². The Morgan fingerprint density at radius 2 is 1.94 bits per heavy atom. The number of halogens is 1. The fraction of sp³-hybridized carbons (Fsp3) is 0.286. The zero-order valence-electron chi connectivity index (χ0n) is 17.0. The first-order valence-corrected chi connectivity index (χ1v) is 9.50. The number of tetrazole rings is 1. The monoisotopic (exact) mass is 427 g/mol. The number of ether oxygens (including phenoxy) is 1. The van der Waals surface area contributed by atoms with E-state index < -0.39 is 29.8 Å². The maximum atomic E-state index is 13.4. The topological polar surface area (TPSA) is 119 Å². The van der Waals surface area contributed by atoms with E-state index in [1.165, 1.54) is 36.1 Å². The first kappa shape index (κ1) is 22.0. The van der Waals surface area contributed by atoms with Crippen LogP contribution in [-0.2, 0) is 20.9 Å². The van der Waals surface area contributed by atoms with Crippen molar-refractivity contribution >= 4 is 11.9 Å². The maximum absolute atomic E-state index is 13.4. The van der Waals surface area contributed by atoms with Gasteiger partial charge in [0.1, 0.15) is 12.4 Å². The summed E-state index contributed by atoms with van der Waals surface area (Å²) < 4.78 is 19.4. The van der Waals surface area contributed by atoms with Crippen LogP contribution in [0.15, 0.2) is 48.5 Å². The number of benzene rings is 2. The number of esters is 1. The number of carbonyl (C=O) groups excluding carboxylic acids is 1. The lowest BCUT2D eigenvalue weighted by Crippen LogP contribution is -2.32. The molecule has 2 N–H and O–H groups in total. The van der Waals surface area contributed by atoms with Gasteiger partial charge in [0.2, 0.25) is 0 Å². The molecular formula is C21H22FN5O4. The van der Waals surface area contributed by atoms with E-state index in [2.05, 4.69) is 20.8 Å². The smallest absolute Gasteiger partial charge is 0.327 e. The van der Waals surface area contributed by atoms with Gasteiger partial charge in [0, 0.05) is 6.04 Å². The van der Waals surface area contributed by atoms with Crippen LogP contribution in [0.4, 0.5) is 4.39 Å². The largest absolute Gasteiger partial charge is 0.481 e. The molecule has 0 aliphatic heterocycles. The average Bonchev–Trinajstić information content (AvgIpc) is 3.19. The molecule has 0 aliphatic carbocycles. The molecule has 0 aliphatic rings. The van der Waals surface area contributed by atoms with Crippen molar-refractivity contribution in [3.63, 3.8) is 0 Å². The molecule has 0 amide bonds. The zero-order valence-corrected chi connectivity index (χ0v) is 17.0. The van der Waals surface area contributed by atoms with Crippen molar-refractivity contribution in [1.82, 2.24) is 25.5 Å². The summed E-state index contributed by atoms with van der Waals surface area (Å²) in [6.07, 6.45) is -0.257. The molecule has 9 nitrogen and oxygen atoms in total. The van der Waals surface area contributed by atoms with Gasteiger partial charge in [0.15, 0.2) is 5.82 Å². The Balaban J connectivity index is 2.03. The molecule has 1 aromatic heterocycles. The van der Waals surface area contributed by atoms with Gasteiger partial charge in [-0.15, -0.1) is 5.10 Å². The molecule has 162 valence electrons. The minimum Gasteiger partial charge on any atom is -0.481 e. The number of aromatic nitrogens is 4. The van der Waals surface area contributed by atoms with Crippen LogP contribution in [0.2, 0.25) is 0 Å². The number of carboxylic acids is 1. The van der Waals surface area contributed by atoms with Crippen LogP contribution in [0.1, 0.15) is 41.0 Å². The van der Waals surface area contributed by atoms with E-state index in [4.69, 9.17) is 4.74 Å². The number of rotatable bonds is 9. The third-order valence-corrected chi connectivity index (χ3v) is 4.72. The highest BCUT2D eigenvalue weighted by molar-refractivity contribution is 5.69. The third-order valence-electron chi connectivity index (χ3n) is 4.72. The molecule has 0 bridgehead atoms. The normalized spacial score (nSPS) is 12.9. The van der Waals surface area contributed by atoms with Crippen molar-refractivity contribution < 1.29 is 23.8 Å². The highest BCUT2D eigenvalue weighted by Gasteiger charge is 2.27. The molecule has 0 spiro atoms. The molecule has 10 heteroatoms. The Labute approximate surface area is 177 Å². The first-order valence-electron chi connectivity index (χ1n) is 9.50. The van der Waals surface area contributed by atoms with E-state index >= 15 is 0 Å². The van der Waals surface area contributed by atoms with Crippen LogP contribution in [0.5, 0.6) is 0 Å². The summed E-state index contributed by atoms with van der Waals surface area (Å²) in [5.74, 6) is -1.67. The molecule has 0 saturated heterocycles. The average molecular weight is 427 g/mol. The van der Waals surface area contributed by atoms with Crippen molar-refractivity contribution in [2.24, 2.45) is 0 Å². The molecule has 31 heavy (non-hydrogen) atoms. The highest BCUT2D eigenvalue weighted by atomic mass is 19.1. The Bertz CT molecular complexity index is 1050. The molecule has 0 saturated carbocycles. The van der Waals surface area contributed by atoms with Crippen LogP contribution in [0.25, 0.3) is 0 Å². The second kappa shape index (κ2) is 9.90. The molecule has 3 rings (SSSR count). The van der Waals surface area contributed by atoms with Crippen molar-refractivity contribution in [2.75, 3.05) is 7.11 Å². The van der Waals surface area contributed by atoms with Gasteiger partial charge in [0.05, 0.1) is 19.6 Å². The number of methoxy groups -OCH3 is 1. The molecular weight excluding hydrogens is 405 g/mol. The van der Waals surface area contributed by atoms with Gasteiger partial charge in [-0.2, -0.15) is 0 Å². The number of nitrogens with zero attached hydrogens (tertiary/aromatic N) is 4. The predicted molar refractivity (Wildman–Crippen MR) is 107 cm³/mol. The summed E-state index contributed by atoms with van der Waals surface area (Å²) in [5.41, 5.74) is 2.35. The van der Waals surface area contributed by atoms with E-state index in [-0.39, 0.29) is 13.0 Å². The van der Waals surface area contributed by atoms with Crippen LogP contribution in [0, 0.1) is 12.7 Å². The van der Waals surface area contributed by atoms with Crippen LogP contribution in [0.3, 0.4) is 0 Å². The van der Waals surface area contributed by atoms with Crippen molar-refractivity contribution in [3.8, 4) is 0 Å². The summed E-state index contributed by atoms with van der Waals surface area (Å²) in [4.78, 5) is 23.3. The summed E-state index contributed by atoms with van der Waals surface area (Å²) in [5, 5.41) is 24.4. The minimum absolute atomic E-state index is 0.205. The predicted octanol–water partition coefficient (Wildman–Crippen LogP) is 2.19. The van der Waals surface area contributed by atoms with Crippen molar-refractivity contribution in [1.29, 1.82) is 0 Å². The van der Waals surface area contributed by atoms with Gasteiger partial charge in [-0.1, -0.05) is 42.0 Å². The number of carbonyl (C=O) groups is 2. The highest BCUT2D eigenvalue weighted by Crippen LogP contribution is 2.27. The quantitative estimate of drug-likeness (QED) is 0.499. The van der Waals surface area contributed by atoms with Gasteiger partial charge >= 0.3 is 11.9 Å². The lowest BCUT2D eigenvalue weighted by Gasteiger charge is -2.25. The molecule has 0 radical (unpaired) electrons. The van der Waals surface area contributed by atoms with Crippen LogP contribution in [-0.4, -0.2) is 44.4 Å². The zero-order chi connectivity index (χ0) is 22.4. The van der Waals surface area contributed by atoms with E-state index in [0.717, 1.165) is 11.1 Å². The number of carboxylic acid groups (broad SMARTS) is 1. The van der Waals surface area contributed by atoms with Gasteiger partial charge in [0.25, 0.3) is 0 Å². The Morgan fingerprint density at radius 1 is 1.19 bits per heavy atom. The summed E-state index contributed by atoms with van der Waals surface area (Å²) in [6, 6.07) is 11.8. The Kier molecular flexibility index (Phi) is 7.03. The number of hydrogen-bond acceptors (Lipinski definition) is 7. The number of hydrogen-bond donors (Lipinski definition) is 2. The number of aryl methyl sites for hydroxylation is 1. The standard InChI is InChI=1S/C21H22FN5O4/c1-13-4-3-5-15(10-13)20(21-24-25-26-27(21)12-19(30)31-2)23-17(11-18(28)29)14-6-8-16(22)9-7-14/h3-10,17,20,23H,11-12H2,1-2H3,(H,28,29). The van der Waals surface area contributed by atoms with Crippen molar-refractivity contribution in [3.05, 3.63) is 76.9 Å². The third kappa shape index (κ3) is 5.70. The van der Waals surface area contributed by atoms with Crippen molar-refractivity contribution in [2.45, 2.75) is 32.0 Å². The van der Waals surface area contributed by atoms with E-state index in [0.29, 0.717) is 11.4 Å². The van der Waals surface area contributed by atoms with E-state index in [9.17, 15) is 19.1 Å². The fourth-order valence-corrected chi connectivity index (χ4v) is 3.23. The second-order valence-corrected chi connectivity index (χ2v) is 6.99. The van der Waals surface area contributed by atoms with Gasteiger partial charge < -0.3 is 9.84 Å². The van der Waals surface area contributed by atoms with Gasteiger partial charge in [-0.25, -0.2) is 9.07 Å². The fourth-order valence-electron chi connectivity index (χ4n) is 3.23. The summed E-state index contributed by atoms with van der Waals surface area (Å²) >= 11 is 0. The maximum Gasteiger partial charge on any atom is 0.327 e.